The summed E-state index contributed by atoms with van der Waals surface area (Å²) in [6.07, 6.45) is 8.92. The number of hydrogen-bond acceptors (Lipinski definition) is 4. The predicted molar refractivity (Wildman–Crippen MR) is 125 cm³/mol. The highest BCUT2D eigenvalue weighted by Gasteiger charge is 2.56. The van der Waals surface area contributed by atoms with Gasteiger partial charge in [-0.15, -0.1) is 0 Å². The minimum atomic E-state index is -0.214. The standard InChI is InChI=1S/C25H26ClN3OS/c1-15-20(26)5-6-21-22(15)28-24(31-21)29(14-19-4-2-3-7-27-19)23(30)25-11-16-8-17(12-25)10-18(9-16)13-25/h2-7,16-18H,8-14H2,1H3. The van der Waals surface area contributed by atoms with E-state index in [2.05, 4.69) is 4.98 Å². The Morgan fingerprint density at radius 3 is 2.48 bits per heavy atom. The van der Waals surface area contributed by atoms with Gasteiger partial charge in [-0.25, -0.2) is 4.98 Å². The molecule has 1 aromatic carbocycles. The first kappa shape index (κ1) is 19.7. The van der Waals surface area contributed by atoms with Gasteiger partial charge in [-0.3, -0.25) is 14.7 Å². The molecule has 4 saturated carbocycles. The number of rotatable bonds is 4. The Balaban J connectivity index is 1.42. The summed E-state index contributed by atoms with van der Waals surface area (Å²) in [7, 11) is 0. The Morgan fingerprint density at radius 1 is 1.13 bits per heavy atom. The second-order valence-electron chi connectivity index (χ2n) is 9.93. The van der Waals surface area contributed by atoms with Crippen molar-refractivity contribution in [2.75, 3.05) is 4.90 Å². The molecular weight excluding hydrogens is 426 g/mol. The molecule has 1 amide bonds. The van der Waals surface area contributed by atoms with Gasteiger partial charge in [-0.2, -0.15) is 0 Å². The number of amides is 1. The van der Waals surface area contributed by atoms with Crippen LogP contribution in [0.4, 0.5) is 5.13 Å². The lowest BCUT2D eigenvalue weighted by atomic mass is 9.49. The Bertz CT molecular complexity index is 1120. The number of carbonyl (C=O) groups is 1. The van der Waals surface area contributed by atoms with Crippen molar-refractivity contribution in [1.29, 1.82) is 0 Å². The van der Waals surface area contributed by atoms with Gasteiger partial charge in [0.25, 0.3) is 0 Å². The molecule has 31 heavy (non-hydrogen) atoms. The molecule has 4 aliphatic carbocycles. The second kappa shape index (κ2) is 7.28. The van der Waals surface area contributed by atoms with Crippen LogP contribution in [0.2, 0.25) is 5.02 Å². The average molecular weight is 452 g/mol. The zero-order chi connectivity index (χ0) is 21.2. The van der Waals surface area contributed by atoms with Gasteiger partial charge < -0.3 is 0 Å². The Kier molecular flexibility index (Phi) is 4.62. The zero-order valence-corrected chi connectivity index (χ0v) is 19.3. The van der Waals surface area contributed by atoms with Gasteiger partial charge in [0.05, 0.1) is 27.9 Å². The number of fused-ring (bicyclic) bond motifs is 1. The van der Waals surface area contributed by atoms with Crippen LogP contribution in [0, 0.1) is 30.1 Å². The summed E-state index contributed by atoms with van der Waals surface area (Å²) in [5, 5.41) is 1.49. The molecule has 4 nitrogen and oxygen atoms in total. The van der Waals surface area contributed by atoms with E-state index < -0.39 is 0 Å². The molecule has 2 aromatic heterocycles. The molecule has 0 spiro atoms. The van der Waals surface area contributed by atoms with Gasteiger partial charge in [-0.05, 0) is 93.0 Å². The van der Waals surface area contributed by atoms with E-state index in [4.69, 9.17) is 16.6 Å². The molecule has 0 N–H and O–H groups in total. The largest absolute Gasteiger partial charge is 0.282 e. The van der Waals surface area contributed by atoms with Gasteiger partial charge in [0.1, 0.15) is 0 Å². The molecule has 7 rings (SSSR count). The fourth-order valence-electron chi connectivity index (χ4n) is 6.74. The fourth-order valence-corrected chi connectivity index (χ4v) is 7.92. The Labute approximate surface area is 191 Å². The van der Waals surface area contributed by atoms with Crippen molar-refractivity contribution in [2.45, 2.75) is 52.0 Å². The molecule has 0 atom stereocenters. The van der Waals surface area contributed by atoms with Gasteiger partial charge in [-0.1, -0.05) is 29.0 Å². The van der Waals surface area contributed by atoms with Crippen LogP contribution < -0.4 is 4.90 Å². The van der Waals surface area contributed by atoms with Crippen molar-refractivity contribution in [3.63, 3.8) is 0 Å². The molecule has 2 heterocycles. The summed E-state index contributed by atoms with van der Waals surface area (Å²) in [4.78, 5) is 25.7. The number of hydrogen-bond donors (Lipinski definition) is 0. The number of nitrogens with zero attached hydrogens (tertiary/aromatic N) is 3. The van der Waals surface area contributed by atoms with E-state index in [0.717, 1.165) is 63.6 Å². The van der Waals surface area contributed by atoms with Crippen LogP contribution in [0.1, 0.15) is 49.8 Å². The number of carbonyl (C=O) groups excluding carboxylic acids is 1. The summed E-state index contributed by atoms with van der Waals surface area (Å²) in [6, 6.07) is 9.83. The number of aromatic nitrogens is 2. The highest BCUT2D eigenvalue weighted by Crippen LogP contribution is 2.61. The Hall–Kier alpha value is -1.98. The minimum absolute atomic E-state index is 0.214. The number of benzene rings is 1. The molecule has 3 aromatic rings. The van der Waals surface area contributed by atoms with E-state index in [1.54, 1.807) is 17.5 Å². The van der Waals surface area contributed by atoms with E-state index in [1.807, 2.05) is 42.2 Å². The normalized spacial score (nSPS) is 28.9. The molecule has 4 aliphatic rings. The maximum Gasteiger partial charge on any atom is 0.235 e. The van der Waals surface area contributed by atoms with Crippen LogP contribution in [0.5, 0.6) is 0 Å². The molecule has 4 fully saturated rings. The first-order valence-electron chi connectivity index (χ1n) is 11.3. The first-order chi connectivity index (χ1) is 15.0. The summed E-state index contributed by atoms with van der Waals surface area (Å²) in [5.74, 6) is 2.44. The highest BCUT2D eigenvalue weighted by molar-refractivity contribution is 7.22. The third-order valence-corrected chi connectivity index (χ3v) is 9.20. The molecule has 0 saturated heterocycles. The van der Waals surface area contributed by atoms with E-state index >= 15 is 0 Å². The van der Waals surface area contributed by atoms with Crippen LogP contribution in [-0.2, 0) is 11.3 Å². The summed E-state index contributed by atoms with van der Waals surface area (Å²) in [6.45, 7) is 2.46. The molecule has 6 heteroatoms. The van der Waals surface area contributed by atoms with Crippen molar-refractivity contribution in [3.8, 4) is 0 Å². The molecule has 160 valence electrons. The SMILES string of the molecule is Cc1c(Cl)ccc2sc(N(Cc3ccccn3)C(=O)C34CC5CC(CC(C5)C3)C4)nc12. The van der Waals surface area contributed by atoms with Crippen molar-refractivity contribution < 1.29 is 4.79 Å². The topological polar surface area (TPSA) is 46.1 Å². The van der Waals surface area contributed by atoms with E-state index in [-0.39, 0.29) is 11.3 Å². The molecular formula is C25H26ClN3OS. The van der Waals surface area contributed by atoms with Crippen LogP contribution in [0.3, 0.4) is 0 Å². The summed E-state index contributed by atoms with van der Waals surface area (Å²) < 4.78 is 1.07. The summed E-state index contributed by atoms with van der Waals surface area (Å²) >= 11 is 7.94. The monoisotopic (exact) mass is 451 g/mol. The van der Waals surface area contributed by atoms with Gasteiger partial charge >= 0.3 is 0 Å². The van der Waals surface area contributed by atoms with E-state index in [1.165, 1.54) is 19.3 Å². The third-order valence-electron chi connectivity index (χ3n) is 7.75. The zero-order valence-electron chi connectivity index (χ0n) is 17.7. The lowest BCUT2D eigenvalue weighted by Gasteiger charge is -2.56. The average Bonchev–Trinajstić information content (AvgIpc) is 3.19. The second-order valence-corrected chi connectivity index (χ2v) is 11.3. The maximum atomic E-state index is 14.3. The lowest BCUT2D eigenvalue weighted by molar-refractivity contribution is -0.143. The van der Waals surface area contributed by atoms with Crippen molar-refractivity contribution in [1.82, 2.24) is 9.97 Å². The Morgan fingerprint density at radius 2 is 1.84 bits per heavy atom. The van der Waals surface area contributed by atoms with Crippen molar-refractivity contribution >= 4 is 44.2 Å². The smallest absolute Gasteiger partial charge is 0.235 e. The lowest BCUT2D eigenvalue weighted by Crippen LogP contribution is -2.54. The molecule has 0 aliphatic heterocycles. The van der Waals surface area contributed by atoms with E-state index in [9.17, 15) is 4.79 Å². The van der Waals surface area contributed by atoms with Gasteiger partial charge in [0.15, 0.2) is 5.13 Å². The number of thiazole rings is 1. The van der Waals surface area contributed by atoms with Crippen LogP contribution in [-0.4, -0.2) is 15.9 Å². The highest BCUT2D eigenvalue weighted by atomic mass is 35.5. The van der Waals surface area contributed by atoms with Gasteiger partial charge in [0.2, 0.25) is 5.91 Å². The number of aryl methyl sites for hydroxylation is 1. The maximum absolute atomic E-state index is 14.3. The number of halogens is 1. The molecule has 0 unspecified atom stereocenters. The van der Waals surface area contributed by atoms with Crippen LogP contribution in [0.15, 0.2) is 36.5 Å². The fraction of sp³-hybridized carbons (Fsp3) is 0.480. The predicted octanol–water partition coefficient (Wildman–Crippen LogP) is 6.40. The van der Waals surface area contributed by atoms with E-state index in [0.29, 0.717) is 11.6 Å². The number of pyridine rings is 1. The first-order valence-corrected chi connectivity index (χ1v) is 12.5. The van der Waals surface area contributed by atoms with Crippen LogP contribution >= 0.6 is 22.9 Å². The minimum Gasteiger partial charge on any atom is -0.282 e. The third kappa shape index (κ3) is 3.28. The quantitative estimate of drug-likeness (QED) is 0.460. The van der Waals surface area contributed by atoms with Gasteiger partial charge in [0, 0.05) is 11.2 Å². The molecule has 4 bridgehead atoms. The van der Waals surface area contributed by atoms with Crippen molar-refractivity contribution in [3.05, 3.63) is 52.8 Å². The molecule has 0 radical (unpaired) electrons. The number of anilines is 1. The summed E-state index contributed by atoms with van der Waals surface area (Å²) in [5.41, 5.74) is 2.56. The van der Waals surface area contributed by atoms with Crippen molar-refractivity contribution in [2.24, 2.45) is 23.2 Å². The van der Waals surface area contributed by atoms with Crippen LogP contribution in [0.25, 0.3) is 10.2 Å².